The maximum absolute atomic E-state index is 13.4. The molecule has 88 valence electrons. The Morgan fingerprint density at radius 3 is 2.94 bits per heavy atom. The highest BCUT2D eigenvalue weighted by molar-refractivity contribution is 6.03. The zero-order valence-corrected chi connectivity index (χ0v) is 9.03. The van der Waals surface area contributed by atoms with Crippen LogP contribution < -0.4 is 10.1 Å². The topological polar surface area (TPSA) is 67.0 Å². The second-order valence-corrected chi connectivity index (χ2v) is 3.24. The van der Waals surface area contributed by atoms with Gasteiger partial charge >= 0.3 is 0 Å². The number of amides is 1. The minimum absolute atomic E-state index is 0.0968. The molecule has 2 aromatic rings. The van der Waals surface area contributed by atoms with Crippen LogP contribution in [0.25, 0.3) is 0 Å². The number of hydrogen-bond donors (Lipinski definition) is 2. The fourth-order valence-corrected chi connectivity index (χ4v) is 1.32. The summed E-state index contributed by atoms with van der Waals surface area (Å²) in [5.74, 6) is -0.619. The molecule has 0 aliphatic rings. The number of anilines is 1. The number of aromatic nitrogens is 2. The Morgan fingerprint density at radius 2 is 2.35 bits per heavy atom. The van der Waals surface area contributed by atoms with Crippen molar-refractivity contribution in [1.82, 2.24) is 9.97 Å². The van der Waals surface area contributed by atoms with E-state index in [-0.39, 0.29) is 11.3 Å². The van der Waals surface area contributed by atoms with Crippen molar-refractivity contribution in [2.75, 3.05) is 12.4 Å². The predicted molar refractivity (Wildman–Crippen MR) is 59.5 cm³/mol. The molecule has 1 aromatic heterocycles. The normalized spacial score (nSPS) is 10.0. The van der Waals surface area contributed by atoms with E-state index < -0.39 is 11.7 Å². The van der Waals surface area contributed by atoms with Crippen molar-refractivity contribution in [3.63, 3.8) is 0 Å². The van der Waals surface area contributed by atoms with E-state index >= 15 is 0 Å². The van der Waals surface area contributed by atoms with E-state index in [1.54, 1.807) is 6.20 Å². The Morgan fingerprint density at radius 1 is 1.53 bits per heavy atom. The summed E-state index contributed by atoms with van der Waals surface area (Å²) in [7, 11) is 1.36. The first-order valence-corrected chi connectivity index (χ1v) is 4.85. The molecule has 0 saturated heterocycles. The third kappa shape index (κ3) is 2.41. The van der Waals surface area contributed by atoms with Crippen molar-refractivity contribution in [3.8, 4) is 5.75 Å². The number of nitrogens with zero attached hydrogens (tertiary/aromatic N) is 1. The van der Waals surface area contributed by atoms with Gasteiger partial charge in [0.05, 0.1) is 7.11 Å². The van der Waals surface area contributed by atoms with Gasteiger partial charge in [0.2, 0.25) is 5.95 Å². The van der Waals surface area contributed by atoms with Gasteiger partial charge in [-0.25, -0.2) is 9.37 Å². The SMILES string of the molecule is COc1ccc(C(=O)Nc2ncc[nH]2)cc1F. The number of ether oxygens (including phenoxy) is 1. The van der Waals surface area contributed by atoms with Crippen molar-refractivity contribution >= 4 is 11.9 Å². The third-order valence-electron chi connectivity index (χ3n) is 2.14. The van der Waals surface area contributed by atoms with Crippen molar-refractivity contribution in [3.05, 3.63) is 42.0 Å². The van der Waals surface area contributed by atoms with E-state index in [9.17, 15) is 9.18 Å². The van der Waals surface area contributed by atoms with Crippen LogP contribution >= 0.6 is 0 Å². The van der Waals surface area contributed by atoms with Crippen LogP contribution in [0.5, 0.6) is 5.75 Å². The fourth-order valence-electron chi connectivity index (χ4n) is 1.32. The van der Waals surface area contributed by atoms with Crippen LogP contribution in [0.2, 0.25) is 0 Å². The smallest absolute Gasteiger partial charge is 0.258 e. The lowest BCUT2D eigenvalue weighted by Gasteiger charge is -2.04. The lowest BCUT2D eigenvalue weighted by atomic mass is 10.2. The molecule has 0 aliphatic heterocycles. The maximum atomic E-state index is 13.4. The van der Waals surface area contributed by atoms with E-state index in [4.69, 9.17) is 4.74 Å². The number of methoxy groups -OCH3 is 1. The van der Waals surface area contributed by atoms with Gasteiger partial charge in [-0.1, -0.05) is 0 Å². The molecule has 0 spiro atoms. The van der Waals surface area contributed by atoms with Gasteiger partial charge in [-0.2, -0.15) is 0 Å². The monoisotopic (exact) mass is 235 g/mol. The van der Waals surface area contributed by atoms with E-state index in [0.29, 0.717) is 5.95 Å². The Labute approximate surface area is 96.6 Å². The zero-order chi connectivity index (χ0) is 12.3. The summed E-state index contributed by atoms with van der Waals surface area (Å²) < 4.78 is 18.1. The molecule has 0 unspecified atom stereocenters. The second kappa shape index (κ2) is 4.65. The number of hydrogen-bond acceptors (Lipinski definition) is 3. The number of rotatable bonds is 3. The molecule has 2 N–H and O–H groups in total. The molecule has 1 aromatic carbocycles. The molecule has 0 atom stereocenters. The summed E-state index contributed by atoms with van der Waals surface area (Å²) >= 11 is 0. The first kappa shape index (κ1) is 11.1. The molecule has 1 amide bonds. The molecule has 0 saturated carbocycles. The number of halogens is 1. The van der Waals surface area contributed by atoms with Gasteiger partial charge in [0.1, 0.15) is 0 Å². The summed E-state index contributed by atoms with van der Waals surface area (Å²) in [6.07, 6.45) is 3.08. The molecule has 6 heteroatoms. The number of nitrogens with one attached hydrogen (secondary N) is 2. The summed E-state index contributed by atoms with van der Waals surface area (Å²) in [6, 6.07) is 3.98. The minimum atomic E-state index is -0.584. The zero-order valence-electron chi connectivity index (χ0n) is 9.03. The minimum Gasteiger partial charge on any atom is -0.494 e. The summed E-state index contributed by atoms with van der Waals surface area (Å²) in [5, 5.41) is 2.49. The molecular weight excluding hydrogens is 225 g/mol. The maximum Gasteiger partial charge on any atom is 0.258 e. The summed E-state index contributed by atoms with van der Waals surface area (Å²) in [5.41, 5.74) is 0.194. The lowest BCUT2D eigenvalue weighted by molar-refractivity contribution is 0.102. The quantitative estimate of drug-likeness (QED) is 0.852. The number of imidazole rings is 1. The first-order valence-electron chi connectivity index (χ1n) is 4.85. The third-order valence-corrected chi connectivity index (χ3v) is 2.14. The number of aromatic amines is 1. The van der Waals surface area contributed by atoms with Crippen molar-refractivity contribution in [2.24, 2.45) is 0 Å². The average molecular weight is 235 g/mol. The Bertz CT molecular complexity index is 526. The van der Waals surface area contributed by atoms with Crippen LogP contribution in [-0.4, -0.2) is 23.0 Å². The fraction of sp³-hybridized carbons (Fsp3) is 0.0909. The Kier molecular flexibility index (Phi) is 3.04. The summed E-state index contributed by atoms with van der Waals surface area (Å²) in [4.78, 5) is 18.2. The Balaban J connectivity index is 2.17. The van der Waals surface area contributed by atoms with Crippen molar-refractivity contribution < 1.29 is 13.9 Å². The highest BCUT2D eigenvalue weighted by Crippen LogP contribution is 2.18. The van der Waals surface area contributed by atoms with Crippen LogP contribution in [0.4, 0.5) is 10.3 Å². The molecule has 17 heavy (non-hydrogen) atoms. The van der Waals surface area contributed by atoms with Gasteiger partial charge in [-0.05, 0) is 18.2 Å². The summed E-state index contributed by atoms with van der Waals surface area (Å²) in [6.45, 7) is 0. The molecule has 1 heterocycles. The van der Waals surface area contributed by atoms with Gasteiger partial charge in [-0.3, -0.25) is 10.1 Å². The van der Waals surface area contributed by atoms with Gasteiger partial charge in [-0.15, -0.1) is 0 Å². The molecular formula is C11H10FN3O2. The lowest BCUT2D eigenvalue weighted by Crippen LogP contribution is -2.13. The highest BCUT2D eigenvalue weighted by Gasteiger charge is 2.10. The van der Waals surface area contributed by atoms with Crippen LogP contribution in [0.3, 0.4) is 0 Å². The molecule has 0 radical (unpaired) electrons. The van der Waals surface area contributed by atoms with Crippen LogP contribution in [0, 0.1) is 5.82 Å². The predicted octanol–water partition coefficient (Wildman–Crippen LogP) is 1.81. The number of carbonyl (C=O) groups is 1. The standard InChI is InChI=1S/C11H10FN3O2/c1-17-9-3-2-7(6-8(9)12)10(16)15-11-13-4-5-14-11/h2-6H,1H3,(H2,13,14,15,16). The van der Waals surface area contributed by atoms with Crippen LogP contribution in [-0.2, 0) is 0 Å². The van der Waals surface area contributed by atoms with E-state index in [1.165, 1.54) is 25.4 Å². The van der Waals surface area contributed by atoms with E-state index in [0.717, 1.165) is 6.07 Å². The molecule has 0 bridgehead atoms. The van der Waals surface area contributed by atoms with Crippen molar-refractivity contribution in [1.29, 1.82) is 0 Å². The van der Waals surface area contributed by atoms with Crippen LogP contribution in [0.15, 0.2) is 30.6 Å². The molecule has 0 aliphatic carbocycles. The molecule has 0 fully saturated rings. The Hall–Kier alpha value is -2.37. The van der Waals surface area contributed by atoms with Gasteiger partial charge in [0.25, 0.3) is 5.91 Å². The molecule has 5 nitrogen and oxygen atoms in total. The van der Waals surface area contributed by atoms with E-state index in [1.807, 2.05) is 0 Å². The first-order chi connectivity index (χ1) is 8.20. The van der Waals surface area contributed by atoms with Crippen molar-refractivity contribution in [2.45, 2.75) is 0 Å². The number of benzene rings is 1. The van der Waals surface area contributed by atoms with E-state index in [2.05, 4.69) is 15.3 Å². The second-order valence-electron chi connectivity index (χ2n) is 3.24. The average Bonchev–Trinajstić information content (AvgIpc) is 2.81. The van der Waals surface area contributed by atoms with Gasteiger partial charge in [0.15, 0.2) is 11.6 Å². The van der Waals surface area contributed by atoms with Gasteiger partial charge in [0, 0.05) is 18.0 Å². The number of carbonyl (C=O) groups excluding carboxylic acids is 1. The number of H-pyrrole nitrogens is 1. The van der Waals surface area contributed by atoms with Crippen LogP contribution in [0.1, 0.15) is 10.4 Å². The largest absolute Gasteiger partial charge is 0.494 e. The molecule has 2 rings (SSSR count). The van der Waals surface area contributed by atoms with Gasteiger partial charge < -0.3 is 9.72 Å². The highest BCUT2D eigenvalue weighted by atomic mass is 19.1.